The Morgan fingerprint density at radius 3 is 2.43 bits per heavy atom. The third-order valence-electron chi connectivity index (χ3n) is 7.05. The number of carbonyl (C=O) groups is 2. The van der Waals surface area contributed by atoms with Crippen molar-refractivity contribution >= 4 is 11.7 Å². The molecule has 0 unspecified atom stereocenters. The van der Waals surface area contributed by atoms with Crippen LogP contribution in [0.15, 0.2) is 24.4 Å². The van der Waals surface area contributed by atoms with E-state index >= 15 is 0 Å². The fraction of sp³-hybridized carbons (Fsp3) is 0.560. The molecule has 0 atom stereocenters. The van der Waals surface area contributed by atoms with Gasteiger partial charge in [0.2, 0.25) is 5.88 Å². The molecule has 1 amide bonds. The van der Waals surface area contributed by atoms with E-state index in [0.717, 1.165) is 5.56 Å². The summed E-state index contributed by atoms with van der Waals surface area (Å²) in [5.74, 6) is -1.08. The maximum Gasteiger partial charge on any atom is 0.456 e. The van der Waals surface area contributed by atoms with E-state index in [1.54, 1.807) is 17.0 Å². The lowest BCUT2D eigenvalue weighted by molar-refractivity contribution is -0.0892. The van der Waals surface area contributed by atoms with Gasteiger partial charge in [-0.1, -0.05) is 13.8 Å². The Kier molecular flexibility index (Phi) is 6.70. The van der Waals surface area contributed by atoms with Gasteiger partial charge >= 0.3 is 6.18 Å². The molecular weight excluding hydrogens is 461 g/mol. The van der Waals surface area contributed by atoms with Gasteiger partial charge in [-0.3, -0.25) is 14.5 Å². The van der Waals surface area contributed by atoms with Gasteiger partial charge in [-0.05, 0) is 50.9 Å². The monoisotopic (exact) mass is 492 g/mol. The van der Waals surface area contributed by atoms with Crippen LogP contribution in [0.2, 0.25) is 0 Å². The van der Waals surface area contributed by atoms with Crippen molar-refractivity contribution in [3.05, 3.63) is 46.9 Å². The molecule has 1 spiro atoms. The van der Waals surface area contributed by atoms with Gasteiger partial charge in [0.25, 0.3) is 11.7 Å². The standard InChI is InChI=1S/C25H31F3N4O3/c1-16(2)15-35-22-17(3)13-18(14-29-22)23(34)31-9-7-24(8-10-31)20-6-5-19(21(33)25(26,27)28)32(20)12-11-30(24)4/h5-6,13-14,16H,7-12,15H2,1-4H3. The minimum absolute atomic E-state index is 0.132. The normalized spacial score (nSPS) is 18.1. The number of likely N-dealkylation sites (N-methyl/N-ethyl adjacent to an activating group) is 1. The number of aromatic nitrogens is 2. The van der Waals surface area contributed by atoms with Gasteiger partial charge in [-0.15, -0.1) is 0 Å². The summed E-state index contributed by atoms with van der Waals surface area (Å²) in [4.78, 5) is 33.4. The van der Waals surface area contributed by atoms with E-state index in [9.17, 15) is 22.8 Å². The van der Waals surface area contributed by atoms with Crippen LogP contribution in [-0.4, -0.2) is 70.5 Å². The molecule has 0 radical (unpaired) electrons. The Balaban J connectivity index is 1.51. The highest BCUT2D eigenvalue weighted by Crippen LogP contribution is 2.42. The number of aryl methyl sites for hydroxylation is 1. The first-order valence-corrected chi connectivity index (χ1v) is 11.9. The largest absolute Gasteiger partial charge is 0.477 e. The van der Waals surface area contributed by atoms with E-state index in [4.69, 9.17) is 4.74 Å². The van der Waals surface area contributed by atoms with Crippen LogP contribution in [0.25, 0.3) is 0 Å². The second kappa shape index (κ2) is 9.29. The number of Topliss-reactive ketones (excluding diaryl/α,β-unsaturated/α-hetero) is 1. The number of ether oxygens (including phenoxy) is 1. The van der Waals surface area contributed by atoms with Crippen LogP contribution in [0.5, 0.6) is 5.88 Å². The summed E-state index contributed by atoms with van der Waals surface area (Å²) >= 11 is 0. The number of rotatable bonds is 5. The summed E-state index contributed by atoms with van der Waals surface area (Å²) in [7, 11) is 1.95. The summed E-state index contributed by atoms with van der Waals surface area (Å²) in [6.07, 6.45) is -2.27. The summed E-state index contributed by atoms with van der Waals surface area (Å²) in [6.45, 7) is 8.23. The van der Waals surface area contributed by atoms with E-state index in [0.29, 0.717) is 68.7 Å². The van der Waals surface area contributed by atoms with Crippen molar-refractivity contribution in [2.24, 2.45) is 5.92 Å². The quantitative estimate of drug-likeness (QED) is 0.590. The Morgan fingerprint density at radius 1 is 1.14 bits per heavy atom. The van der Waals surface area contributed by atoms with Crippen molar-refractivity contribution in [3.8, 4) is 5.88 Å². The third kappa shape index (κ3) is 4.68. The van der Waals surface area contributed by atoms with Gasteiger partial charge in [-0.2, -0.15) is 13.2 Å². The second-order valence-corrected chi connectivity index (χ2v) is 9.88. The van der Waals surface area contributed by atoms with Crippen LogP contribution in [0.4, 0.5) is 13.2 Å². The molecule has 2 aliphatic rings. The number of hydrogen-bond acceptors (Lipinski definition) is 5. The molecule has 10 heteroatoms. The van der Waals surface area contributed by atoms with E-state index in [-0.39, 0.29) is 11.6 Å². The average Bonchev–Trinajstić information content (AvgIpc) is 3.24. The summed E-state index contributed by atoms with van der Waals surface area (Å²) in [6, 6.07) is 4.69. The number of likely N-dealkylation sites (tertiary alicyclic amines) is 1. The van der Waals surface area contributed by atoms with Crippen molar-refractivity contribution < 1.29 is 27.5 Å². The molecule has 1 saturated heterocycles. The Hall–Kier alpha value is -2.88. The number of fused-ring (bicyclic) bond motifs is 2. The van der Waals surface area contributed by atoms with Crippen LogP contribution < -0.4 is 4.74 Å². The molecule has 0 aliphatic carbocycles. The van der Waals surface area contributed by atoms with Gasteiger partial charge in [-0.25, -0.2) is 4.98 Å². The molecule has 2 aliphatic heterocycles. The average molecular weight is 493 g/mol. The molecule has 35 heavy (non-hydrogen) atoms. The SMILES string of the molecule is Cc1cc(C(=O)N2CCC3(CC2)c2ccc(C(=O)C(F)(F)F)n2CCN3C)cnc1OCC(C)C. The number of alkyl halides is 3. The third-order valence-corrected chi connectivity index (χ3v) is 7.05. The smallest absolute Gasteiger partial charge is 0.456 e. The number of nitrogens with zero attached hydrogens (tertiary/aromatic N) is 4. The van der Waals surface area contributed by atoms with Crippen LogP contribution in [0.3, 0.4) is 0 Å². The molecule has 4 heterocycles. The molecular formula is C25H31F3N4O3. The summed E-state index contributed by atoms with van der Waals surface area (Å²) in [5, 5.41) is 0. The summed E-state index contributed by atoms with van der Waals surface area (Å²) < 4.78 is 46.5. The van der Waals surface area contributed by atoms with E-state index in [1.165, 1.54) is 16.8 Å². The number of amides is 1. The van der Waals surface area contributed by atoms with Crippen LogP contribution in [0.1, 0.15) is 58.8 Å². The zero-order valence-corrected chi connectivity index (χ0v) is 20.5. The van der Waals surface area contributed by atoms with Gasteiger partial charge in [0.05, 0.1) is 23.4 Å². The first-order valence-electron chi connectivity index (χ1n) is 11.9. The number of halogens is 3. The minimum Gasteiger partial charge on any atom is -0.477 e. The molecule has 0 aromatic carbocycles. The molecule has 0 bridgehead atoms. The number of piperidine rings is 1. The van der Waals surface area contributed by atoms with Gasteiger partial charge in [0.15, 0.2) is 0 Å². The minimum atomic E-state index is -4.91. The predicted molar refractivity (Wildman–Crippen MR) is 124 cm³/mol. The molecule has 0 N–H and O–H groups in total. The highest BCUT2D eigenvalue weighted by atomic mass is 19.4. The summed E-state index contributed by atoms with van der Waals surface area (Å²) in [5.41, 5.74) is 1.13. The van der Waals surface area contributed by atoms with Gasteiger partial charge < -0.3 is 14.2 Å². The van der Waals surface area contributed by atoms with Crippen molar-refractivity contribution in [2.45, 2.75) is 51.9 Å². The molecule has 0 saturated carbocycles. The van der Waals surface area contributed by atoms with Gasteiger partial charge in [0.1, 0.15) is 0 Å². The van der Waals surface area contributed by atoms with E-state index < -0.39 is 17.5 Å². The number of pyridine rings is 1. The molecule has 190 valence electrons. The highest BCUT2D eigenvalue weighted by molar-refractivity contribution is 5.99. The van der Waals surface area contributed by atoms with E-state index in [2.05, 4.69) is 9.88 Å². The number of ketones is 1. The Bertz CT molecular complexity index is 1120. The van der Waals surface area contributed by atoms with Crippen LogP contribution >= 0.6 is 0 Å². The predicted octanol–water partition coefficient (Wildman–Crippen LogP) is 4.05. The molecule has 4 rings (SSSR count). The Labute approximate surface area is 202 Å². The lowest BCUT2D eigenvalue weighted by Gasteiger charge is -2.50. The highest BCUT2D eigenvalue weighted by Gasteiger charge is 2.47. The van der Waals surface area contributed by atoms with E-state index in [1.807, 2.05) is 27.8 Å². The van der Waals surface area contributed by atoms with Gasteiger partial charge in [0, 0.05) is 43.6 Å². The number of hydrogen-bond donors (Lipinski definition) is 0. The molecule has 2 aromatic heterocycles. The lowest BCUT2D eigenvalue weighted by Crippen LogP contribution is -2.56. The molecule has 7 nitrogen and oxygen atoms in total. The topological polar surface area (TPSA) is 67.7 Å². The maximum absolute atomic E-state index is 13.2. The maximum atomic E-state index is 13.2. The first kappa shape index (κ1) is 25.2. The first-order chi connectivity index (χ1) is 16.4. The molecule has 2 aromatic rings. The van der Waals surface area contributed by atoms with Crippen LogP contribution in [0, 0.1) is 12.8 Å². The fourth-order valence-corrected chi connectivity index (χ4v) is 5.09. The van der Waals surface area contributed by atoms with Crippen molar-refractivity contribution in [1.29, 1.82) is 0 Å². The van der Waals surface area contributed by atoms with Crippen molar-refractivity contribution in [3.63, 3.8) is 0 Å². The van der Waals surface area contributed by atoms with Crippen LogP contribution in [-0.2, 0) is 12.1 Å². The Morgan fingerprint density at radius 2 is 1.83 bits per heavy atom. The van der Waals surface area contributed by atoms with Crippen molar-refractivity contribution in [1.82, 2.24) is 19.4 Å². The fourth-order valence-electron chi connectivity index (χ4n) is 5.09. The lowest BCUT2D eigenvalue weighted by atomic mass is 9.81. The van der Waals surface area contributed by atoms with Crippen molar-refractivity contribution in [2.75, 3.05) is 33.3 Å². The zero-order valence-electron chi connectivity index (χ0n) is 20.5. The second-order valence-electron chi connectivity index (χ2n) is 9.88. The zero-order chi connectivity index (χ0) is 25.5. The number of carbonyl (C=O) groups excluding carboxylic acids is 2. The molecule has 1 fully saturated rings.